The molecule has 3 aromatic rings. The molecule has 8 heteroatoms. The summed E-state index contributed by atoms with van der Waals surface area (Å²) < 4.78 is 5.54. The van der Waals surface area contributed by atoms with Crippen LogP contribution in [0.1, 0.15) is 89.0 Å². The van der Waals surface area contributed by atoms with E-state index in [1.165, 1.54) is 11.0 Å². The molecule has 3 aromatic carbocycles. The number of ether oxygens (including phenoxy) is 1. The van der Waals surface area contributed by atoms with Gasteiger partial charge in [0.2, 0.25) is 5.91 Å². The van der Waals surface area contributed by atoms with Crippen LogP contribution >= 0.6 is 0 Å². The van der Waals surface area contributed by atoms with E-state index in [1.807, 2.05) is 55.5 Å². The van der Waals surface area contributed by atoms with Crippen molar-refractivity contribution in [2.24, 2.45) is 0 Å². The Hall–Kier alpha value is -4.33. The zero-order chi connectivity index (χ0) is 32.8. The second-order valence-electron chi connectivity index (χ2n) is 12.5. The molecule has 0 aliphatic carbocycles. The van der Waals surface area contributed by atoms with Gasteiger partial charge in [-0.25, -0.2) is 4.79 Å². The molecule has 0 radical (unpaired) electrons. The van der Waals surface area contributed by atoms with Gasteiger partial charge in [-0.2, -0.15) is 0 Å². The second-order valence-corrected chi connectivity index (χ2v) is 12.5. The number of alkyl carbamates (subject to hydrolysis) is 1. The standard InChI is InChI=1S/C37H49N3O5/c1-6-7-8-9-10-18-25-40(35(43)31(26-28-20-12-11-13-21-28)39-36(44)45-37(3,4)5)33(29-22-15-17-24-32(29)41)34(42)38-30-23-16-14-19-27(30)2/h11-17,19-24,31,33,41H,6-10,18,25-26H2,1-5H3,(H,38,42)(H,39,44). The van der Waals surface area contributed by atoms with E-state index in [0.29, 0.717) is 17.7 Å². The number of aromatic hydroxyl groups is 1. The van der Waals surface area contributed by atoms with E-state index in [1.54, 1.807) is 45.0 Å². The Balaban J connectivity index is 2.05. The smallest absolute Gasteiger partial charge is 0.408 e. The van der Waals surface area contributed by atoms with Gasteiger partial charge in [-0.15, -0.1) is 0 Å². The fraction of sp³-hybridized carbons (Fsp3) is 0.432. The minimum atomic E-state index is -1.16. The van der Waals surface area contributed by atoms with Crippen molar-refractivity contribution in [3.05, 3.63) is 95.6 Å². The Bertz CT molecular complexity index is 1390. The molecule has 2 unspecified atom stereocenters. The number of phenols is 1. The van der Waals surface area contributed by atoms with E-state index in [-0.39, 0.29) is 18.7 Å². The molecule has 0 aromatic heterocycles. The summed E-state index contributed by atoms with van der Waals surface area (Å²) in [5.41, 5.74) is 1.86. The number of unbranched alkanes of at least 4 members (excludes halogenated alkanes) is 5. The molecule has 0 saturated heterocycles. The van der Waals surface area contributed by atoms with E-state index in [4.69, 9.17) is 4.74 Å². The normalized spacial score (nSPS) is 12.6. The van der Waals surface area contributed by atoms with Crippen molar-refractivity contribution in [3.8, 4) is 5.75 Å². The van der Waals surface area contributed by atoms with Gasteiger partial charge in [-0.3, -0.25) is 9.59 Å². The van der Waals surface area contributed by atoms with Gasteiger partial charge in [0.05, 0.1) is 0 Å². The highest BCUT2D eigenvalue weighted by molar-refractivity contribution is 5.99. The molecule has 0 saturated carbocycles. The van der Waals surface area contributed by atoms with Crippen LogP contribution in [0.4, 0.5) is 10.5 Å². The number of hydrogen-bond donors (Lipinski definition) is 3. The molecule has 0 spiro atoms. The minimum absolute atomic E-state index is 0.0945. The first kappa shape index (κ1) is 35.2. The first-order valence-electron chi connectivity index (χ1n) is 16.0. The summed E-state index contributed by atoms with van der Waals surface area (Å²) in [6.07, 6.45) is 5.37. The van der Waals surface area contributed by atoms with Crippen molar-refractivity contribution < 1.29 is 24.2 Å². The van der Waals surface area contributed by atoms with Crippen molar-refractivity contribution >= 4 is 23.6 Å². The summed E-state index contributed by atoms with van der Waals surface area (Å²) in [4.78, 5) is 43.4. The average Bonchev–Trinajstić information content (AvgIpc) is 2.99. The maximum Gasteiger partial charge on any atom is 0.408 e. The third-order valence-corrected chi connectivity index (χ3v) is 7.50. The Labute approximate surface area is 268 Å². The van der Waals surface area contributed by atoms with Crippen LogP contribution in [0, 0.1) is 6.92 Å². The third-order valence-electron chi connectivity index (χ3n) is 7.50. The van der Waals surface area contributed by atoms with Crippen molar-refractivity contribution in [3.63, 3.8) is 0 Å². The number of hydrogen-bond acceptors (Lipinski definition) is 5. The van der Waals surface area contributed by atoms with Crippen LogP contribution in [0.3, 0.4) is 0 Å². The van der Waals surface area contributed by atoms with Crippen LogP contribution in [-0.4, -0.2) is 46.1 Å². The van der Waals surface area contributed by atoms with Crippen LogP contribution in [0.2, 0.25) is 0 Å². The van der Waals surface area contributed by atoms with Crippen LogP contribution in [0.5, 0.6) is 5.75 Å². The number of phenolic OH excluding ortho intramolecular Hbond substituents is 1. The predicted molar refractivity (Wildman–Crippen MR) is 179 cm³/mol. The van der Waals surface area contributed by atoms with Gasteiger partial charge in [0.1, 0.15) is 23.4 Å². The molecule has 3 rings (SSSR count). The quantitative estimate of drug-likeness (QED) is 0.152. The Morgan fingerprint density at radius 3 is 2.13 bits per heavy atom. The van der Waals surface area contributed by atoms with Crippen LogP contribution in [0.15, 0.2) is 78.9 Å². The van der Waals surface area contributed by atoms with Crippen molar-refractivity contribution in [1.29, 1.82) is 0 Å². The number of nitrogens with zero attached hydrogens (tertiary/aromatic N) is 1. The van der Waals surface area contributed by atoms with Crippen molar-refractivity contribution in [2.75, 3.05) is 11.9 Å². The number of benzene rings is 3. The molecule has 0 heterocycles. The third kappa shape index (κ3) is 11.3. The molecule has 8 nitrogen and oxygen atoms in total. The highest BCUT2D eigenvalue weighted by atomic mass is 16.6. The molecule has 0 fully saturated rings. The first-order chi connectivity index (χ1) is 21.5. The Kier molecular flexibility index (Phi) is 13.5. The Morgan fingerprint density at radius 1 is 0.844 bits per heavy atom. The molecule has 0 aliphatic heterocycles. The molecule has 3 N–H and O–H groups in total. The van der Waals surface area contributed by atoms with Crippen LogP contribution in [-0.2, 0) is 20.7 Å². The average molecular weight is 616 g/mol. The van der Waals surface area contributed by atoms with Gasteiger partial charge >= 0.3 is 6.09 Å². The molecule has 0 aliphatic rings. The van der Waals surface area contributed by atoms with E-state index in [2.05, 4.69) is 17.6 Å². The van der Waals surface area contributed by atoms with E-state index in [0.717, 1.165) is 43.2 Å². The van der Waals surface area contributed by atoms with Crippen molar-refractivity contribution in [2.45, 2.75) is 97.2 Å². The summed E-state index contributed by atoms with van der Waals surface area (Å²) in [7, 11) is 0. The maximum atomic E-state index is 14.7. The Morgan fingerprint density at radius 2 is 1.47 bits per heavy atom. The lowest BCUT2D eigenvalue weighted by Gasteiger charge is -2.35. The van der Waals surface area contributed by atoms with Gasteiger partial charge in [0, 0.05) is 24.2 Å². The number of carbonyl (C=O) groups is 3. The molecule has 0 bridgehead atoms. The molecular weight excluding hydrogens is 566 g/mol. The fourth-order valence-electron chi connectivity index (χ4n) is 5.21. The lowest BCUT2D eigenvalue weighted by Crippen LogP contribution is -2.53. The van der Waals surface area contributed by atoms with Crippen molar-refractivity contribution in [1.82, 2.24) is 10.2 Å². The van der Waals surface area contributed by atoms with Gasteiger partial charge < -0.3 is 25.4 Å². The largest absolute Gasteiger partial charge is 0.508 e. The molecule has 2 atom stereocenters. The van der Waals surface area contributed by atoms with Gasteiger partial charge in [-0.05, 0) is 57.4 Å². The van der Waals surface area contributed by atoms with Gasteiger partial charge in [0.15, 0.2) is 0 Å². The number of carbonyl (C=O) groups excluding carboxylic acids is 3. The fourth-order valence-corrected chi connectivity index (χ4v) is 5.21. The van der Waals surface area contributed by atoms with Crippen LogP contribution in [0.25, 0.3) is 0 Å². The summed E-state index contributed by atoms with van der Waals surface area (Å²) in [5, 5.41) is 16.8. The summed E-state index contributed by atoms with van der Waals surface area (Å²) in [6, 6.07) is 21.2. The zero-order valence-electron chi connectivity index (χ0n) is 27.3. The lowest BCUT2D eigenvalue weighted by molar-refractivity contribution is -0.141. The number of para-hydroxylation sites is 2. The number of rotatable bonds is 15. The molecular formula is C37H49N3O5. The molecule has 45 heavy (non-hydrogen) atoms. The molecule has 3 amide bonds. The van der Waals surface area contributed by atoms with E-state index in [9.17, 15) is 19.5 Å². The van der Waals surface area contributed by atoms with Gasteiger partial charge in [0.25, 0.3) is 5.91 Å². The summed E-state index contributed by atoms with van der Waals surface area (Å²) >= 11 is 0. The number of aryl methyl sites for hydroxylation is 1. The molecule has 242 valence electrons. The summed E-state index contributed by atoms with van der Waals surface area (Å²) in [6.45, 7) is 9.59. The lowest BCUT2D eigenvalue weighted by atomic mass is 9.98. The minimum Gasteiger partial charge on any atom is -0.508 e. The topological polar surface area (TPSA) is 108 Å². The SMILES string of the molecule is CCCCCCCCN(C(=O)C(Cc1ccccc1)NC(=O)OC(C)(C)C)C(C(=O)Nc1ccccc1C)c1ccccc1O. The number of nitrogens with one attached hydrogen (secondary N) is 2. The monoisotopic (exact) mass is 615 g/mol. The zero-order valence-corrected chi connectivity index (χ0v) is 27.3. The maximum absolute atomic E-state index is 14.7. The first-order valence-corrected chi connectivity index (χ1v) is 16.0. The van der Waals surface area contributed by atoms with E-state index < -0.39 is 35.6 Å². The highest BCUT2D eigenvalue weighted by Gasteiger charge is 2.37. The summed E-state index contributed by atoms with van der Waals surface area (Å²) in [5.74, 6) is -0.991. The second kappa shape index (κ2) is 17.2. The number of amides is 3. The predicted octanol–water partition coefficient (Wildman–Crippen LogP) is 7.71. The van der Waals surface area contributed by atoms with Gasteiger partial charge in [-0.1, -0.05) is 106 Å². The number of anilines is 1. The van der Waals surface area contributed by atoms with Crippen LogP contribution < -0.4 is 10.6 Å². The highest BCUT2D eigenvalue weighted by Crippen LogP contribution is 2.32. The van der Waals surface area contributed by atoms with E-state index >= 15 is 0 Å².